The van der Waals surface area contributed by atoms with Gasteiger partial charge in [-0.3, -0.25) is 0 Å². The van der Waals surface area contributed by atoms with Gasteiger partial charge in [-0.2, -0.15) is 0 Å². The molecule has 0 aliphatic carbocycles. The normalized spacial score (nSPS) is 15.5. The molecule has 0 rings (SSSR count). The van der Waals surface area contributed by atoms with Crippen LogP contribution in [-0.2, 0) is 0 Å². The molecule has 1 N–H and O–H groups in total. The Kier molecular flexibility index (Phi) is 4.98. The molecule has 1 atom stereocenters. The molecule has 0 heterocycles. The molecule has 0 radical (unpaired) electrons. The fourth-order valence-electron chi connectivity index (χ4n) is 1.57. The summed E-state index contributed by atoms with van der Waals surface area (Å²) in [6.45, 7) is 16.0. The molecule has 0 aromatic rings. The van der Waals surface area contributed by atoms with Crippen LogP contribution in [-0.4, -0.2) is 12.1 Å². The maximum Gasteiger partial charge on any atom is 0.00973 e. The van der Waals surface area contributed by atoms with Gasteiger partial charge in [0.2, 0.25) is 0 Å². The van der Waals surface area contributed by atoms with E-state index in [0.717, 1.165) is 5.92 Å². The smallest absolute Gasteiger partial charge is 0.00973 e. The van der Waals surface area contributed by atoms with E-state index in [1.165, 1.54) is 6.42 Å². The molecule has 1 nitrogen and oxygen atoms in total. The van der Waals surface area contributed by atoms with Gasteiger partial charge in [-0.25, -0.2) is 0 Å². The average molecular weight is 185 g/mol. The van der Waals surface area contributed by atoms with Gasteiger partial charge >= 0.3 is 0 Å². The summed E-state index contributed by atoms with van der Waals surface area (Å²) in [5.41, 5.74) is 0.427. The summed E-state index contributed by atoms with van der Waals surface area (Å²) in [6, 6.07) is 1.25. The van der Waals surface area contributed by atoms with E-state index >= 15 is 0 Å². The van der Waals surface area contributed by atoms with Crippen molar-refractivity contribution in [1.82, 2.24) is 5.32 Å². The molecule has 13 heavy (non-hydrogen) atoms. The summed E-state index contributed by atoms with van der Waals surface area (Å²) in [5.74, 6) is 0.724. The Morgan fingerprint density at radius 1 is 1.00 bits per heavy atom. The Morgan fingerprint density at radius 2 is 1.46 bits per heavy atom. The zero-order chi connectivity index (χ0) is 10.6. The monoisotopic (exact) mass is 185 g/mol. The zero-order valence-electron chi connectivity index (χ0n) is 10.4. The lowest BCUT2D eigenvalue weighted by Gasteiger charge is -2.31. The number of nitrogens with one attached hydrogen (secondary N) is 1. The van der Waals surface area contributed by atoms with E-state index in [4.69, 9.17) is 0 Å². The summed E-state index contributed by atoms with van der Waals surface area (Å²) >= 11 is 0. The van der Waals surface area contributed by atoms with Gasteiger partial charge < -0.3 is 5.32 Å². The summed E-state index contributed by atoms with van der Waals surface area (Å²) in [4.78, 5) is 0. The molecule has 0 spiro atoms. The lowest BCUT2D eigenvalue weighted by atomic mass is 9.84. The number of hydrogen-bond donors (Lipinski definition) is 1. The third kappa shape index (κ3) is 7.06. The second-order valence-electron chi connectivity index (χ2n) is 5.94. The first kappa shape index (κ1) is 13.0. The SMILES string of the molecule is CC(C)NC(CC(C)(C)C)C(C)C. The van der Waals surface area contributed by atoms with Gasteiger partial charge in [-0.05, 0) is 17.8 Å². The highest BCUT2D eigenvalue weighted by Crippen LogP contribution is 2.24. The molecular formula is C12H27N. The molecule has 0 aliphatic rings. The van der Waals surface area contributed by atoms with Gasteiger partial charge in [-0.15, -0.1) is 0 Å². The van der Waals surface area contributed by atoms with Crippen LogP contribution < -0.4 is 5.32 Å². The van der Waals surface area contributed by atoms with Crippen LogP contribution in [0, 0.1) is 11.3 Å². The van der Waals surface area contributed by atoms with E-state index in [1.54, 1.807) is 0 Å². The van der Waals surface area contributed by atoms with Crippen LogP contribution in [0.5, 0.6) is 0 Å². The fraction of sp³-hybridized carbons (Fsp3) is 1.00. The average Bonchev–Trinajstić information content (AvgIpc) is 1.81. The first-order valence-corrected chi connectivity index (χ1v) is 5.48. The molecule has 0 saturated heterocycles. The Balaban J connectivity index is 4.11. The lowest BCUT2D eigenvalue weighted by molar-refractivity contribution is 0.253. The van der Waals surface area contributed by atoms with Crippen molar-refractivity contribution in [2.75, 3.05) is 0 Å². The number of hydrogen-bond acceptors (Lipinski definition) is 1. The van der Waals surface area contributed by atoms with E-state index in [1.807, 2.05) is 0 Å². The maximum absolute atomic E-state index is 3.64. The third-order valence-corrected chi connectivity index (χ3v) is 2.18. The third-order valence-electron chi connectivity index (χ3n) is 2.18. The molecule has 0 fully saturated rings. The van der Waals surface area contributed by atoms with Crippen molar-refractivity contribution < 1.29 is 0 Å². The van der Waals surface area contributed by atoms with Crippen molar-refractivity contribution in [2.24, 2.45) is 11.3 Å². The van der Waals surface area contributed by atoms with Crippen molar-refractivity contribution in [3.63, 3.8) is 0 Å². The van der Waals surface area contributed by atoms with Gasteiger partial charge in [0.25, 0.3) is 0 Å². The summed E-state index contributed by atoms with van der Waals surface area (Å²) in [7, 11) is 0. The van der Waals surface area contributed by atoms with Crippen molar-refractivity contribution >= 4 is 0 Å². The Labute approximate surface area is 84.3 Å². The largest absolute Gasteiger partial charge is 0.312 e. The quantitative estimate of drug-likeness (QED) is 0.707. The topological polar surface area (TPSA) is 12.0 Å². The zero-order valence-corrected chi connectivity index (χ0v) is 10.4. The van der Waals surface area contributed by atoms with Crippen LogP contribution in [0.4, 0.5) is 0 Å². The first-order valence-electron chi connectivity index (χ1n) is 5.48. The fourth-order valence-corrected chi connectivity index (χ4v) is 1.57. The number of rotatable bonds is 4. The molecule has 1 unspecified atom stereocenters. The van der Waals surface area contributed by atoms with E-state index in [9.17, 15) is 0 Å². The molecule has 0 aliphatic heterocycles. The minimum atomic E-state index is 0.427. The standard InChI is InChI=1S/C12H27N/c1-9(2)11(13-10(3)4)8-12(5,6)7/h9-11,13H,8H2,1-7H3. The molecule has 80 valence electrons. The summed E-state index contributed by atoms with van der Waals surface area (Å²) in [6.07, 6.45) is 1.25. The molecule has 0 saturated carbocycles. The second-order valence-corrected chi connectivity index (χ2v) is 5.94. The molecule has 0 aromatic carbocycles. The summed E-state index contributed by atoms with van der Waals surface area (Å²) < 4.78 is 0. The molecule has 0 bridgehead atoms. The Morgan fingerprint density at radius 3 is 1.69 bits per heavy atom. The van der Waals surface area contributed by atoms with Crippen LogP contribution in [0.1, 0.15) is 54.9 Å². The molecule has 0 amide bonds. The van der Waals surface area contributed by atoms with Crippen LogP contribution in [0.25, 0.3) is 0 Å². The Bertz CT molecular complexity index is 131. The predicted molar refractivity (Wildman–Crippen MR) is 61.0 cm³/mol. The second kappa shape index (κ2) is 4.99. The van der Waals surface area contributed by atoms with E-state index in [0.29, 0.717) is 17.5 Å². The van der Waals surface area contributed by atoms with Crippen molar-refractivity contribution in [3.8, 4) is 0 Å². The lowest BCUT2D eigenvalue weighted by Crippen LogP contribution is -2.41. The van der Waals surface area contributed by atoms with Gasteiger partial charge in [0.1, 0.15) is 0 Å². The van der Waals surface area contributed by atoms with Crippen molar-refractivity contribution in [1.29, 1.82) is 0 Å². The summed E-state index contributed by atoms with van der Waals surface area (Å²) in [5, 5.41) is 3.64. The van der Waals surface area contributed by atoms with Crippen LogP contribution in [0.15, 0.2) is 0 Å². The minimum Gasteiger partial charge on any atom is -0.312 e. The van der Waals surface area contributed by atoms with E-state index < -0.39 is 0 Å². The van der Waals surface area contributed by atoms with Gasteiger partial charge in [-0.1, -0.05) is 48.5 Å². The molecule has 1 heteroatoms. The first-order chi connectivity index (χ1) is 5.72. The predicted octanol–water partition coefficient (Wildman–Crippen LogP) is 3.45. The highest BCUT2D eigenvalue weighted by molar-refractivity contribution is 4.78. The van der Waals surface area contributed by atoms with Gasteiger partial charge in [0, 0.05) is 12.1 Å². The van der Waals surface area contributed by atoms with Crippen LogP contribution >= 0.6 is 0 Å². The van der Waals surface area contributed by atoms with Crippen molar-refractivity contribution in [2.45, 2.75) is 67.0 Å². The highest BCUT2D eigenvalue weighted by Gasteiger charge is 2.21. The van der Waals surface area contributed by atoms with Crippen LogP contribution in [0.3, 0.4) is 0 Å². The van der Waals surface area contributed by atoms with Gasteiger partial charge in [0.15, 0.2) is 0 Å². The maximum atomic E-state index is 3.64. The van der Waals surface area contributed by atoms with E-state index in [2.05, 4.69) is 53.8 Å². The highest BCUT2D eigenvalue weighted by atomic mass is 14.9. The van der Waals surface area contributed by atoms with Crippen molar-refractivity contribution in [3.05, 3.63) is 0 Å². The minimum absolute atomic E-state index is 0.427. The van der Waals surface area contributed by atoms with Crippen LogP contribution in [0.2, 0.25) is 0 Å². The molecule has 0 aromatic heterocycles. The molecular weight excluding hydrogens is 158 g/mol. The Hall–Kier alpha value is -0.0400. The van der Waals surface area contributed by atoms with E-state index in [-0.39, 0.29) is 0 Å². The van der Waals surface area contributed by atoms with Gasteiger partial charge in [0.05, 0.1) is 0 Å².